The number of hydrogen-bond donors (Lipinski definition) is 0. The van der Waals surface area contributed by atoms with Gasteiger partial charge in [0.25, 0.3) is 11.8 Å². The monoisotopic (exact) mass is 426 g/mol. The third kappa shape index (κ3) is 1.88. The van der Waals surface area contributed by atoms with Crippen LogP contribution in [0, 0.1) is 17.8 Å². The molecule has 7 rings (SSSR count). The SMILES string of the molecule is C[C@]1([C@H]2[C@@H](C=O)[C@H]3C=C[C@@H]2[C@@]2(C)c4ccccc4C(=O)N32)c2ccccc2C(=O)N1C=O. The Morgan fingerprint density at radius 3 is 2.03 bits per heavy atom. The van der Waals surface area contributed by atoms with Gasteiger partial charge in [-0.2, -0.15) is 0 Å². The fourth-order valence-corrected chi connectivity index (χ4v) is 7.06. The molecule has 2 bridgehead atoms. The topological polar surface area (TPSA) is 74.8 Å². The molecule has 1 saturated heterocycles. The number of piperidine rings is 1. The lowest BCUT2D eigenvalue weighted by molar-refractivity contribution is -0.141. The molecule has 3 amide bonds. The number of imide groups is 1. The standard InChI is InChI=1S/C26H22N2O4/c1-25-18-9-5-4-8-16(18)24(32)28(25)21-12-11-20(25)22(17(21)13-29)26(2)19-10-6-3-7-15(19)23(31)27(26)14-30/h3-14,17,20-22H,1-2H3/t17-,20-,21+,22-,25+,26+/m0/s1. The summed E-state index contributed by atoms with van der Waals surface area (Å²) in [6.07, 6.45) is 5.52. The van der Waals surface area contributed by atoms with Gasteiger partial charge < -0.3 is 9.69 Å². The molecule has 4 aliphatic heterocycles. The molecule has 0 saturated carbocycles. The van der Waals surface area contributed by atoms with Crippen molar-refractivity contribution in [2.75, 3.05) is 0 Å². The van der Waals surface area contributed by atoms with Crippen LogP contribution >= 0.6 is 0 Å². The van der Waals surface area contributed by atoms with E-state index in [0.717, 1.165) is 17.4 Å². The first-order valence-corrected chi connectivity index (χ1v) is 10.9. The zero-order valence-electron chi connectivity index (χ0n) is 17.8. The van der Waals surface area contributed by atoms with Gasteiger partial charge in [-0.15, -0.1) is 0 Å². The second kappa shape index (κ2) is 6.03. The second-order valence-corrected chi connectivity index (χ2v) is 9.48. The van der Waals surface area contributed by atoms with Crippen molar-refractivity contribution in [3.8, 4) is 0 Å². The molecule has 6 heteroatoms. The maximum atomic E-state index is 13.4. The van der Waals surface area contributed by atoms with E-state index in [0.29, 0.717) is 17.5 Å². The molecular formula is C26H22N2O4. The number of fused-ring (bicyclic) bond motifs is 3. The third-order valence-corrected chi connectivity index (χ3v) is 8.41. The van der Waals surface area contributed by atoms with Gasteiger partial charge in [-0.3, -0.25) is 19.3 Å². The molecule has 0 spiro atoms. The summed E-state index contributed by atoms with van der Waals surface area (Å²) in [6, 6.07) is 14.4. The summed E-state index contributed by atoms with van der Waals surface area (Å²) in [4.78, 5) is 54.5. The van der Waals surface area contributed by atoms with Gasteiger partial charge in [-0.05, 0) is 37.1 Å². The number of aldehydes is 1. The summed E-state index contributed by atoms with van der Waals surface area (Å²) in [6.45, 7) is 3.93. The van der Waals surface area contributed by atoms with Crippen LogP contribution in [0.15, 0.2) is 60.7 Å². The van der Waals surface area contributed by atoms with Crippen molar-refractivity contribution < 1.29 is 19.2 Å². The van der Waals surface area contributed by atoms with Crippen molar-refractivity contribution in [2.45, 2.75) is 31.0 Å². The highest BCUT2D eigenvalue weighted by Gasteiger charge is 2.68. The molecule has 6 nitrogen and oxygen atoms in total. The van der Waals surface area contributed by atoms with Gasteiger partial charge in [0.05, 0.1) is 17.1 Å². The number of amides is 3. The maximum absolute atomic E-state index is 13.4. The number of hydrogen-bond acceptors (Lipinski definition) is 4. The summed E-state index contributed by atoms with van der Waals surface area (Å²) in [5, 5.41) is 0. The van der Waals surface area contributed by atoms with E-state index in [-0.39, 0.29) is 23.7 Å². The molecule has 0 unspecified atom stereocenters. The van der Waals surface area contributed by atoms with Crippen LogP contribution in [-0.4, -0.2) is 40.4 Å². The molecule has 4 heterocycles. The van der Waals surface area contributed by atoms with E-state index in [9.17, 15) is 19.2 Å². The van der Waals surface area contributed by atoms with Crippen LogP contribution in [0.2, 0.25) is 0 Å². The van der Waals surface area contributed by atoms with Crippen molar-refractivity contribution in [1.82, 2.24) is 9.80 Å². The normalized spacial score (nSPS) is 36.2. The van der Waals surface area contributed by atoms with Crippen molar-refractivity contribution >= 4 is 24.5 Å². The van der Waals surface area contributed by atoms with E-state index >= 15 is 0 Å². The number of benzene rings is 2. The van der Waals surface area contributed by atoms with Gasteiger partial charge in [0.15, 0.2) is 0 Å². The molecular weight excluding hydrogens is 404 g/mol. The van der Waals surface area contributed by atoms with Crippen LogP contribution < -0.4 is 0 Å². The minimum atomic E-state index is -1.01. The highest BCUT2D eigenvalue weighted by molar-refractivity contribution is 6.06. The smallest absolute Gasteiger partial charge is 0.261 e. The molecule has 0 aromatic heterocycles. The first-order chi connectivity index (χ1) is 15.4. The Kier molecular flexibility index (Phi) is 3.61. The first-order valence-electron chi connectivity index (χ1n) is 10.9. The summed E-state index contributed by atoms with van der Waals surface area (Å²) in [7, 11) is 0. The van der Waals surface area contributed by atoms with E-state index in [2.05, 4.69) is 6.08 Å². The Morgan fingerprint density at radius 2 is 1.41 bits per heavy atom. The summed E-state index contributed by atoms with van der Waals surface area (Å²) in [5.41, 5.74) is 1.14. The number of carbonyl (C=O) groups excluding carboxylic acids is 4. The minimum absolute atomic E-state index is 0.0759. The van der Waals surface area contributed by atoms with E-state index in [1.54, 1.807) is 12.1 Å². The highest BCUT2D eigenvalue weighted by atomic mass is 16.2. The van der Waals surface area contributed by atoms with E-state index in [1.165, 1.54) is 4.90 Å². The number of nitrogens with zero attached hydrogens (tertiary/aromatic N) is 2. The Hall–Kier alpha value is -3.54. The Bertz CT molecular complexity index is 1250. The lowest BCUT2D eigenvalue weighted by Crippen LogP contribution is -2.69. The van der Waals surface area contributed by atoms with Gasteiger partial charge in [0.2, 0.25) is 6.41 Å². The molecule has 160 valence electrons. The average Bonchev–Trinajstić information content (AvgIpc) is 3.20. The van der Waals surface area contributed by atoms with Gasteiger partial charge in [-0.25, -0.2) is 0 Å². The Balaban J connectivity index is 1.62. The predicted molar refractivity (Wildman–Crippen MR) is 115 cm³/mol. The molecule has 1 fully saturated rings. The van der Waals surface area contributed by atoms with Crippen LogP contribution in [0.25, 0.3) is 0 Å². The lowest BCUT2D eigenvalue weighted by atomic mass is 9.53. The van der Waals surface area contributed by atoms with Crippen molar-refractivity contribution in [2.24, 2.45) is 17.8 Å². The predicted octanol–water partition coefficient (Wildman–Crippen LogP) is 2.88. The largest absolute Gasteiger partial charge is 0.321 e. The molecule has 5 aliphatic rings. The van der Waals surface area contributed by atoms with Gasteiger partial charge in [-0.1, -0.05) is 48.6 Å². The highest BCUT2D eigenvalue weighted by Crippen LogP contribution is 2.62. The van der Waals surface area contributed by atoms with Crippen molar-refractivity contribution in [1.29, 1.82) is 0 Å². The molecule has 0 radical (unpaired) electrons. The molecule has 1 aliphatic carbocycles. The third-order valence-electron chi connectivity index (χ3n) is 8.41. The van der Waals surface area contributed by atoms with Crippen molar-refractivity contribution in [3.63, 3.8) is 0 Å². The Labute approximate surface area is 185 Å². The second-order valence-electron chi connectivity index (χ2n) is 9.48. The zero-order chi connectivity index (χ0) is 22.4. The van der Waals surface area contributed by atoms with Crippen molar-refractivity contribution in [3.05, 3.63) is 82.9 Å². The molecule has 6 atom stereocenters. The fourth-order valence-electron chi connectivity index (χ4n) is 7.06. The number of carbonyl (C=O) groups is 4. The zero-order valence-corrected chi connectivity index (χ0v) is 17.8. The maximum Gasteiger partial charge on any atom is 0.261 e. The quantitative estimate of drug-likeness (QED) is 0.559. The average molecular weight is 426 g/mol. The fraction of sp³-hybridized carbons (Fsp3) is 0.308. The van der Waals surface area contributed by atoms with Crippen LogP contribution in [0.4, 0.5) is 0 Å². The van der Waals surface area contributed by atoms with Gasteiger partial charge in [0, 0.05) is 28.9 Å². The van der Waals surface area contributed by atoms with Gasteiger partial charge in [0.1, 0.15) is 6.29 Å². The van der Waals surface area contributed by atoms with Crippen LogP contribution in [0.1, 0.15) is 45.7 Å². The molecule has 2 aromatic carbocycles. The Morgan fingerprint density at radius 1 is 0.812 bits per heavy atom. The van der Waals surface area contributed by atoms with Crippen LogP contribution in [-0.2, 0) is 20.7 Å². The van der Waals surface area contributed by atoms with Gasteiger partial charge >= 0.3 is 0 Å². The van der Waals surface area contributed by atoms with E-state index < -0.39 is 23.0 Å². The number of rotatable bonds is 3. The first kappa shape index (κ1) is 19.2. The molecule has 32 heavy (non-hydrogen) atoms. The molecule has 0 N–H and O–H groups in total. The summed E-state index contributed by atoms with van der Waals surface area (Å²) < 4.78 is 0. The van der Waals surface area contributed by atoms with E-state index in [4.69, 9.17) is 0 Å². The summed E-state index contributed by atoms with van der Waals surface area (Å²) in [5.74, 6) is -1.62. The van der Waals surface area contributed by atoms with Crippen LogP contribution in [0.3, 0.4) is 0 Å². The van der Waals surface area contributed by atoms with E-state index in [1.807, 2.05) is 61.2 Å². The molecule has 2 aromatic rings. The lowest BCUT2D eigenvalue weighted by Gasteiger charge is -2.61. The summed E-state index contributed by atoms with van der Waals surface area (Å²) >= 11 is 0. The van der Waals surface area contributed by atoms with Crippen LogP contribution in [0.5, 0.6) is 0 Å². The minimum Gasteiger partial charge on any atom is -0.321 e.